The highest BCUT2D eigenvalue weighted by atomic mass is 16.6. The molecule has 1 unspecified atom stereocenters. The van der Waals surface area contributed by atoms with E-state index >= 15 is 0 Å². The first-order chi connectivity index (χ1) is 14.5. The van der Waals surface area contributed by atoms with Crippen LogP contribution in [0.3, 0.4) is 0 Å². The lowest BCUT2D eigenvalue weighted by atomic mass is 9.96. The Morgan fingerprint density at radius 2 is 1.87 bits per heavy atom. The van der Waals surface area contributed by atoms with Crippen molar-refractivity contribution < 1.29 is 23.9 Å². The number of urea groups is 1. The summed E-state index contributed by atoms with van der Waals surface area (Å²) in [6.45, 7) is 1.39. The number of nitrogens with zero attached hydrogens (tertiary/aromatic N) is 2. The van der Waals surface area contributed by atoms with Crippen molar-refractivity contribution in [3.05, 3.63) is 48.4 Å². The molecule has 158 valence electrons. The minimum Gasteiger partial charge on any atom is -0.449 e. The molecule has 3 rings (SSSR count). The average molecular weight is 412 g/mol. The molecule has 1 saturated carbocycles. The Morgan fingerprint density at radius 1 is 1.10 bits per heavy atom. The summed E-state index contributed by atoms with van der Waals surface area (Å²) < 4.78 is 10.8. The monoisotopic (exact) mass is 412 g/mol. The zero-order valence-corrected chi connectivity index (χ0v) is 16.7. The van der Waals surface area contributed by atoms with Crippen LogP contribution in [0.4, 0.5) is 4.79 Å². The molecule has 9 nitrogen and oxygen atoms in total. The smallest absolute Gasteiger partial charge is 0.344 e. The summed E-state index contributed by atoms with van der Waals surface area (Å²) in [7, 11) is 0. The number of hydrogen-bond acceptors (Lipinski definition) is 7. The van der Waals surface area contributed by atoms with Crippen molar-refractivity contribution in [2.75, 3.05) is 0 Å². The van der Waals surface area contributed by atoms with Gasteiger partial charge in [-0.15, -0.1) is 0 Å². The third-order valence-corrected chi connectivity index (χ3v) is 4.67. The van der Waals surface area contributed by atoms with Gasteiger partial charge in [-0.1, -0.05) is 19.3 Å². The van der Waals surface area contributed by atoms with Crippen LogP contribution >= 0.6 is 0 Å². The minimum absolute atomic E-state index is 0.0261. The van der Waals surface area contributed by atoms with Gasteiger partial charge in [0.05, 0.1) is 6.20 Å². The van der Waals surface area contributed by atoms with Crippen molar-refractivity contribution in [1.82, 2.24) is 20.6 Å². The standard InChI is InChI=1S/C21H24N4O5/c1-14(18(26)25-21(28)24-15-7-3-2-4-8-15)29-20(27)17-10-6-12-23-19(17)30-16-9-5-11-22-13-16/h5-6,9-15H,2-4,7-8H2,1H3,(H2,24,25,26,28). The lowest BCUT2D eigenvalue weighted by molar-refractivity contribution is -0.127. The molecule has 1 fully saturated rings. The van der Waals surface area contributed by atoms with E-state index in [-0.39, 0.29) is 17.5 Å². The second kappa shape index (κ2) is 10.3. The average Bonchev–Trinajstić information content (AvgIpc) is 2.75. The van der Waals surface area contributed by atoms with Crippen LogP contribution in [0.25, 0.3) is 0 Å². The van der Waals surface area contributed by atoms with Crippen LogP contribution < -0.4 is 15.4 Å². The number of nitrogens with one attached hydrogen (secondary N) is 2. The number of hydrogen-bond donors (Lipinski definition) is 2. The predicted octanol–water partition coefficient (Wildman–Crippen LogP) is 2.97. The van der Waals surface area contributed by atoms with Crippen LogP contribution in [-0.4, -0.2) is 40.0 Å². The fourth-order valence-corrected chi connectivity index (χ4v) is 3.11. The summed E-state index contributed by atoms with van der Waals surface area (Å²) in [5.74, 6) is -1.08. The number of amides is 3. The van der Waals surface area contributed by atoms with Crippen LogP contribution in [0.15, 0.2) is 42.9 Å². The van der Waals surface area contributed by atoms with Gasteiger partial charge in [0.2, 0.25) is 5.88 Å². The van der Waals surface area contributed by atoms with E-state index in [2.05, 4.69) is 20.6 Å². The first-order valence-electron chi connectivity index (χ1n) is 9.88. The molecule has 2 aromatic heterocycles. The molecule has 0 spiro atoms. The maximum Gasteiger partial charge on any atom is 0.344 e. The molecule has 0 bridgehead atoms. The zero-order valence-electron chi connectivity index (χ0n) is 16.7. The van der Waals surface area contributed by atoms with Gasteiger partial charge in [-0.05, 0) is 44.0 Å². The van der Waals surface area contributed by atoms with E-state index in [0.717, 1.165) is 32.1 Å². The van der Waals surface area contributed by atoms with Crippen molar-refractivity contribution in [2.24, 2.45) is 0 Å². The second-order valence-corrected chi connectivity index (χ2v) is 6.99. The van der Waals surface area contributed by atoms with Gasteiger partial charge in [-0.25, -0.2) is 14.6 Å². The van der Waals surface area contributed by atoms with Crippen molar-refractivity contribution in [1.29, 1.82) is 0 Å². The van der Waals surface area contributed by atoms with Crippen LogP contribution in [0.5, 0.6) is 11.6 Å². The molecule has 30 heavy (non-hydrogen) atoms. The van der Waals surface area contributed by atoms with Gasteiger partial charge in [0.1, 0.15) is 11.3 Å². The van der Waals surface area contributed by atoms with E-state index < -0.39 is 24.0 Å². The fraction of sp³-hybridized carbons (Fsp3) is 0.381. The number of ether oxygens (including phenoxy) is 2. The zero-order chi connectivity index (χ0) is 21.3. The van der Waals surface area contributed by atoms with E-state index in [1.54, 1.807) is 24.4 Å². The van der Waals surface area contributed by atoms with Crippen LogP contribution in [-0.2, 0) is 9.53 Å². The molecule has 3 amide bonds. The van der Waals surface area contributed by atoms with Crippen LogP contribution in [0.2, 0.25) is 0 Å². The number of carbonyl (C=O) groups excluding carboxylic acids is 3. The van der Waals surface area contributed by atoms with Gasteiger partial charge in [-0.2, -0.15) is 0 Å². The van der Waals surface area contributed by atoms with E-state index in [0.29, 0.717) is 5.75 Å². The molecular weight excluding hydrogens is 388 g/mol. The maximum atomic E-state index is 12.5. The molecule has 1 aliphatic rings. The van der Waals surface area contributed by atoms with Crippen molar-refractivity contribution in [3.8, 4) is 11.6 Å². The van der Waals surface area contributed by atoms with Gasteiger partial charge in [0.25, 0.3) is 5.91 Å². The van der Waals surface area contributed by atoms with Gasteiger partial charge in [0.15, 0.2) is 6.10 Å². The van der Waals surface area contributed by atoms with Crippen molar-refractivity contribution in [2.45, 2.75) is 51.2 Å². The Kier molecular flexibility index (Phi) is 7.31. The molecule has 1 aliphatic carbocycles. The molecule has 2 aromatic rings. The molecule has 1 atom stereocenters. The van der Waals surface area contributed by atoms with Crippen LogP contribution in [0.1, 0.15) is 49.4 Å². The third-order valence-electron chi connectivity index (χ3n) is 4.67. The van der Waals surface area contributed by atoms with Crippen molar-refractivity contribution in [3.63, 3.8) is 0 Å². The minimum atomic E-state index is -1.18. The summed E-state index contributed by atoms with van der Waals surface area (Å²) in [5.41, 5.74) is 0.0488. The summed E-state index contributed by atoms with van der Waals surface area (Å²) in [6.07, 6.45) is 8.42. The number of pyridine rings is 2. The maximum absolute atomic E-state index is 12.5. The van der Waals surface area contributed by atoms with Gasteiger partial charge >= 0.3 is 12.0 Å². The topological polar surface area (TPSA) is 120 Å². The highest BCUT2D eigenvalue weighted by Gasteiger charge is 2.24. The van der Waals surface area contributed by atoms with Gasteiger partial charge in [-0.3, -0.25) is 15.1 Å². The Balaban J connectivity index is 1.56. The van der Waals surface area contributed by atoms with E-state index in [9.17, 15) is 14.4 Å². The largest absolute Gasteiger partial charge is 0.449 e. The Labute approximate surface area is 174 Å². The fourth-order valence-electron chi connectivity index (χ4n) is 3.11. The van der Waals surface area contributed by atoms with E-state index in [1.807, 2.05) is 0 Å². The van der Waals surface area contributed by atoms with Gasteiger partial charge < -0.3 is 14.8 Å². The summed E-state index contributed by atoms with van der Waals surface area (Å²) in [5, 5.41) is 5.00. The molecule has 0 aromatic carbocycles. The molecule has 2 heterocycles. The van der Waals surface area contributed by atoms with Crippen LogP contribution in [0, 0.1) is 0 Å². The molecule has 0 saturated heterocycles. The lowest BCUT2D eigenvalue weighted by Crippen LogP contribution is -2.48. The molecular formula is C21H24N4O5. The van der Waals surface area contributed by atoms with Gasteiger partial charge in [0, 0.05) is 18.4 Å². The number of imide groups is 1. The molecule has 2 N–H and O–H groups in total. The molecule has 0 aliphatic heterocycles. The molecule has 0 radical (unpaired) electrons. The highest BCUT2D eigenvalue weighted by molar-refractivity contribution is 5.99. The highest BCUT2D eigenvalue weighted by Crippen LogP contribution is 2.23. The summed E-state index contributed by atoms with van der Waals surface area (Å²) in [6, 6.07) is 5.85. The number of carbonyl (C=O) groups is 3. The first-order valence-corrected chi connectivity index (χ1v) is 9.88. The Morgan fingerprint density at radius 3 is 2.60 bits per heavy atom. The van der Waals surface area contributed by atoms with E-state index in [1.165, 1.54) is 25.4 Å². The molecule has 9 heteroatoms. The predicted molar refractivity (Wildman–Crippen MR) is 107 cm³/mol. The quantitative estimate of drug-likeness (QED) is 0.700. The Bertz CT molecular complexity index is 884. The third kappa shape index (κ3) is 6.00. The first kappa shape index (κ1) is 21.2. The lowest BCUT2D eigenvalue weighted by Gasteiger charge is -2.23. The Hall–Kier alpha value is -3.49. The SMILES string of the molecule is CC(OC(=O)c1cccnc1Oc1cccnc1)C(=O)NC(=O)NC1CCCCC1. The second-order valence-electron chi connectivity index (χ2n) is 6.99. The number of esters is 1. The normalized spacial score (nSPS) is 15.0. The van der Waals surface area contributed by atoms with E-state index in [4.69, 9.17) is 9.47 Å². The summed E-state index contributed by atoms with van der Waals surface area (Å²) in [4.78, 5) is 44.8. The summed E-state index contributed by atoms with van der Waals surface area (Å²) >= 11 is 0. The van der Waals surface area contributed by atoms with Crippen molar-refractivity contribution >= 4 is 17.9 Å². The number of rotatable bonds is 6. The number of aromatic nitrogens is 2.